The van der Waals surface area contributed by atoms with Crippen LogP contribution in [0.2, 0.25) is 0 Å². The Kier molecular flexibility index (Phi) is 3.39. The fraction of sp³-hybridized carbons (Fsp3) is 0.667. The normalized spacial score (nSPS) is 18.9. The van der Waals surface area contributed by atoms with Gasteiger partial charge in [0, 0.05) is 24.3 Å². The molecule has 1 aromatic rings. The van der Waals surface area contributed by atoms with E-state index in [2.05, 4.69) is 4.98 Å². The minimum Gasteiger partial charge on any atom is -0.326 e. The van der Waals surface area contributed by atoms with Crippen molar-refractivity contribution < 1.29 is 0 Å². The van der Waals surface area contributed by atoms with E-state index >= 15 is 0 Å². The van der Waals surface area contributed by atoms with Crippen molar-refractivity contribution in [3.8, 4) is 0 Å². The lowest BCUT2D eigenvalue weighted by molar-refractivity contribution is 0.381. The van der Waals surface area contributed by atoms with Crippen LogP contribution < -0.4 is 11.3 Å². The fourth-order valence-corrected chi connectivity index (χ4v) is 2.42. The van der Waals surface area contributed by atoms with Gasteiger partial charge in [0.1, 0.15) is 0 Å². The molecule has 88 valence electrons. The molecule has 1 fully saturated rings. The van der Waals surface area contributed by atoms with Gasteiger partial charge in [-0.15, -0.1) is 0 Å². The predicted molar refractivity (Wildman–Crippen MR) is 63.2 cm³/mol. The summed E-state index contributed by atoms with van der Waals surface area (Å²) in [5, 5.41) is 0. The van der Waals surface area contributed by atoms with Gasteiger partial charge in [-0.05, 0) is 25.7 Å². The average Bonchev–Trinajstić information content (AvgIpc) is 2.75. The molecule has 16 heavy (non-hydrogen) atoms. The maximum atomic E-state index is 11.7. The van der Waals surface area contributed by atoms with Gasteiger partial charge in [0.2, 0.25) is 0 Å². The van der Waals surface area contributed by atoms with Gasteiger partial charge in [-0.1, -0.05) is 12.8 Å². The van der Waals surface area contributed by atoms with E-state index in [4.69, 9.17) is 5.73 Å². The van der Waals surface area contributed by atoms with E-state index in [9.17, 15) is 4.79 Å². The lowest BCUT2D eigenvalue weighted by Crippen LogP contribution is -2.36. The van der Waals surface area contributed by atoms with Crippen molar-refractivity contribution in [1.82, 2.24) is 9.55 Å². The smallest absolute Gasteiger partial charge is 0.253 e. The molecule has 4 nitrogen and oxygen atoms in total. The number of aromatic nitrogens is 2. The van der Waals surface area contributed by atoms with Crippen LogP contribution >= 0.6 is 0 Å². The Morgan fingerprint density at radius 1 is 1.56 bits per heavy atom. The number of aryl methyl sites for hydroxylation is 1. The van der Waals surface area contributed by atoms with Gasteiger partial charge >= 0.3 is 0 Å². The number of nitrogens with zero attached hydrogens (tertiary/aromatic N) is 2. The van der Waals surface area contributed by atoms with Crippen molar-refractivity contribution in [2.45, 2.75) is 45.2 Å². The van der Waals surface area contributed by atoms with E-state index in [1.165, 1.54) is 25.7 Å². The lowest BCUT2D eigenvalue weighted by atomic mass is 9.99. The van der Waals surface area contributed by atoms with Crippen LogP contribution in [-0.4, -0.2) is 15.6 Å². The molecule has 1 saturated carbocycles. The molecule has 0 saturated heterocycles. The van der Waals surface area contributed by atoms with Gasteiger partial charge in [0.25, 0.3) is 5.56 Å². The Bertz CT molecular complexity index is 407. The first-order valence-corrected chi connectivity index (χ1v) is 5.95. The molecule has 1 unspecified atom stereocenters. The zero-order valence-corrected chi connectivity index (χ0v) is 9.72. The maximum absolute atomic E-state index is 11.7. The summed E-state index contributed by atoms with van der Waals surface area (Å²) in [6.07, 6.45) is 6.57. The van der Waals surface area contributed by atoms with E-state index in [1.807, 2.05) is 6.92 Å². The summed E-state index contributed by atoms with van der Waals surface area (Å²) in [6.45, 7) is 2.42. The fourth-order valence-electron chi connectivity index (χ4n) is 2.42. The third kappa shape index (κ3) is 2.50. The zero-order valence-electron chi connectivity index (χ0n) is 9.72. The Labute approximate surface area is 95.5 Å². The van der Waals surface area contributed by atoms with Gasteiger partial charge in [0.05, 0.1) is 6.33 Å². The quantitative estimate of drug-likeness (QED) is 0.830. The van der Waals surface area contributed by atoms with Crippen LogP contribution in [0.4, 0.5) is 0 Å². The summed E-state index contributed by atoms with van der Waals surface area (Å²) in [7, 11) is 0. The number of hydrogen-bond acceptors (Lipinski definition) is 3. The van der Waals surface area contributed by atoms with Crippen LogP contribution in [0.5, 0.6) is 0 Å². The van der Waals surface area contributed by atoms with Crippen molar-refractivity contribution in [1.29, 1.82) is 0 Å². The molecule has 0 aliphatic heterocycles. The van der Waals surface area contributed by atoms with E-state index in [0.717, 1.165) is 5.69 Å². The summed E-state index contributed by atoms with van der Waals surface area (Å²) >= 11 is 0. The molecule has 2 rings (SSSR count). The third-order valence-corrected chi connectivity index (χ3v) is 3.43. The monoisotopic (exact) mass is 221 g/mol. The van der Waals surface area contributed by atoms with Gasteiger partial charge in [-0.2, -0.15) is 0 Å². The first-order valence-electron chi connectivity index (χ1n) is 5.95. The second kappa shape index (κ2) is 4.78. The van der Waals surface area contributed by atoms with E-state index in [0.29, 0.717) is 12.5 Å². The predicted octanol–water partition coefficient (Wildman–Crippen LogP) is 1.07. The highest BCUT2D eigenvalue weighted by Crippen LogP contribution is 2.27. The molecule has 1 aliphatic rings. The SMILES string of the molecule is Cc1cc(=O)n(CC(N)C2CCCC2)cn1. The minimum absolute atomic E-state index is 0.000877. The molecular formula is C12H19N3O. The van der Waals surface area contributed by atoms with Crippen molar-refractivity contribution in [3.05, 3.63) is 28.4 Å². The molecule has 0 bridgehead atoms. The molecule has 0 amide bonds. The molecule has 1 aliphatic carbocycles. The molecule has 2 N–H and O–H groups in total. The standard InChI is InChI=1S/C12H19N3O/c1-9-6-12(16)15(8-14-9)7-11(13)10-4-2-3-5-10/h6,8,10-11H,2-5,7,13H2,1H3. The Balaban J connectivity index is 2.05. The summed E-state index contributed by atoms with van der Waals surface area (Å²) in [5.41, 5.74) is 6.89. The number of hydrogen-bond donors (Lipinski definition) is 1. The molecular weight excluding hydrogens is 202 g/mol. The van der Waals surface area contributed by atoms with E-state index in [1.54, 1.807) is 17.0 Å². The first kappa shape index (κ1) is 11.3. The Morgan fingerprint density at radius 2 is 2.25 bits per heavy atom. The zero-order chi connectivity index (χ0) is 11.5. The van der Waals surface area contributed by atoms with Gasteiger partial charge < -0.3 is 5.73 Å². The second-order valence-corrected chi connectivity index (χ2v) is 4.73. The summed E-state index contributed by atoms with van der Waals surface area (Å²) in [6, 6.07) is 1.64. The lowest BCUT2D eigenvalue weighted by Gasteiger charge is -2.19. The van der Waals surface area contributed by atoms with Crippen molar-refractivity contribution in [2.24, 2.45) is 11.7 Å². The third-order valence-electron chi connectivity index (χ3n) is 3.43. The molecule has 0 spiro atoms. The Morgan fingerprint density at radius 3 is 2.88 bits per heavy atom. The van der Waals surface area contributed by atoms with Crippen molar-refractivity contribution in [2.75, 3.05) is 0 Å². The van der Waals surface area contributed by atoms with Crippen LogP contribution in [0.3, 0.4) is 0 Å². The van der Waals surface area contributed by atoms with E-state index in [-0.39, 0.29) is 11.6 Å². The highest BCUT2D eigenvalue weighted by atomic mass is 16.1. The number of rotatable bonds is 3. The van der Waals surface area contributed by atoms with Gasteiger partial charge in [-0.3, -0.25) is 9.36 Å². The molecule has 1 aromatic heterocycles. The van der Waals surface area contributed by atoms with E-state index < -0.39 is 0 Å². The highest BCUT2D eigenvalue weighted by Gasteiger charge is 2.22. The molecule has 1 heterocycles. The molecule has 1 atom stereocenters. The Hall–Kier alpha value is -1.16. The second-order valence-electron chi connectivity index (χ2n) is 4.73. The van der Waals surface area contributed by atoms with Crippen LogP contribution in [-0.2, 0) is 6.54 Å². The summed E-state index contributed by atoms with van der Waals surface area (Å²) in [5.74, 6) is 0.577. The molecule has 0 aromatic carbocycles. The topological polar surface area (TPSA) is 60.9 Å². The van der Waals surface area contributed by atoms with Crippen molar-refractivity contribution >= 4 is 0 Å². The molecule has 0 radical (unpaired) electrons. The van der Waals surface area contributed by atoms with Gasteiger partial charge in [-0.25, -0.2) is 4.98 Å². The van der Waals surface area contributed by atoms with Crippen LogP contribution in [0, 0.1) is 12.8 Å². The first-order chi connectivity index (χ1) is 7.66. The largest absolute Gasteiger partial charge is 0.326 e. The van der Waals surface area contributed by atoms with Gasteiger partial charge in [0.15, 0.2) is 0 Å². The van der Waals surface area contributed by atoms with Crippen LogP contribution in [0.1, 0.15) is 31.4 Å². The highest BCUT2D eigenvalue weighted by molar-refractivity contribution is 4.96. The molecule has 4 heteroatoms. The summed E-state index contributed by atoms with van der Waals surface area (Å²) < 4.78 is 1.62. The van der Waals surface area contributed by atoms with Crippen LogP contribution in [0.25, 0.3) is 0 Å². The van der Waals surface area contributed by atoms with Crippen molar-refractivity contribution in [3.63, 3.8) is 0 Å². The number of nitrogens with two attached hydrogens (primary N) is 1. The average molecular weight is 221 g/mol. The summed E-state index contributed by atoms with van der Waals surface area (Å²) in [4.78, 5) is 15.8. The maximum Gasteiger partial charge on any atom is 0.253 e. The minimum atomic E-state index is 0.000877. The van der Waals surface area contributed by atoms with Crippen LogP contribution in [0.15, 0.2) is 17.2 Å².